The summed E-state index contributed by atoms with van der Waals surface area (Å²) in [6, 6.07) is 7.86. The Kier molecular flexibility index (Phi) is 6.89. The lowest BCUT2D eigenvalue weighted by molar-refractivity contribution is 0.0719. The number of ether oxygens (including phenoxy) is 1. The van der Waals surface area contributed by atoms with Crippen LogP contribution in [0.3, 0.4) is 0 Å². The van der Waals surface area contributed by atoms with Gasteiger partial charge < -0.3 is 15.0 Å². The summed E-state index contributed by atoms with van der Waals surface area (Å²) < 4.78 is 5.00. The van der Waals surface area contributed by atoms with Crippen LogP contribution in [-0.4, -0.2) is 61.1 Å². The highest BCUT2D eigenvalue weighted by Gasteiger charge is 2.19. The standard InChI is InChI=1S/C20H29N3O3/c24-19(21-9-13-23-12-6-14-26-20(23)25)18-8-5-7-17(15-18)16-22-10-3-1-2-4-11-22/h5,7-8,15H,1-4,6,9-14,16H2,(H,21,24). The van der Waals surface area contributed by atoms with Gasteiger partial charge in [0.1, 0.15) is 0 Å². The maximum Gasteiger partial charge on any atom is 0.409 e. The third-order valence-electron chi connectivity index (χ3n) is 5.02. The lowest BCUT2D eigenvalue weighted by Crippen LogP contribution is -2.42. The van der Waals surface area contributed by atoms with E-state index in [0.717, 1.165) is 26.1 Å². The molecule has 1 N–H and O–H groups in total. The number of carbonyl (C=O) groups excluding carboxylic acids is 2. The highest BCUT2D eigenvalue weighted by atomic mass is 16.6. The van der Waals surface area contributed by atoms with Crippen LogP contribution >= 0.6 is 0 Å². The van der Waals surface area contributed by atoms with Crippen LogP contribution in [0, 0.1) is 0 Å². The van der Waals surface area contributed by atoms with Gasteiger partial charge in [0, 0.05) is 31.7 Å². The predicted octanol–water partition coefficient (Wildman–Crippen LogP) is 2.63. The van der Waals surface area contributed by atoms with Gasteiger partial charge in [0.15, 0.2) is 0 Å². The average molecular weight is 359 g/mol. The summed E-state index contributed by atoms with van der Waals surface area (Å²) in [4.78, 5) is 28.1. The van der Waals surface area contributed by atoms with Gasteiger partial charge in [-0.05, 0) is 50.0 Å². The molecular formula is C20H29N3O3. The Morgan fingerprint density at radius 2 is 1.88 bits per heavy atom. The second-order valence-corrected chi connectivity index (χ2v) is 7.10. The monoisotopic (exact) mass is 359 g/mol. The van der Waals surface area contributed by atoms with Gasteiger partial charge >= 0.3 is 6.09 Å². The van der Waals surface area contributed by atoms with Crippen molar-refractivity contribution in [1.29, 1.82) is 0 Å². The lowest BCUT2D eigenvalue weighted by atomic mass is 10.1. The Morgan fingerprint density at radius 1 is 1.08 bits per heavy atom. The second kappa shape index (κ2) is 9.57. The molecule has 6 nitrogen and oxygen atoms in total. The van der Waals surface area contributed by atoms with E-state index in [4.69, 9.17) is 4.74 Å². The first-order chi connectivity index (χ1) is 12.7. The molecular weight excluding hydrogens is 330 g/mol. The molecule has 142 valence electrons. The zero-order valence-electron chi connectivity index (χ0n) is 15.4. The molecule has 0 unspecified atom stereocenters. The Balaban J connectivity index is 1.48. The summed E-state index contributed by atoms with van der Waals surface area (Å²) >= 11 is 0. The van der Waals surface area contributed by atoms with Crippen molar-refractivity contribution >= 4 is 12.0 Å². The molecule has 26 heavy (non-hydrogen) atoms. The van der Waals surface area contributed by atoms with E-state index in [1.807, 2.05) is 18.2 Å². The SMILES string of the molecule is O=C(NCCN1CCCOC1=O)c1cccc(CN2CCCCCC2)c1. The van der Waals surface area contributed by atoms with Crippen molar-refractivity contribution in [2.45, 2.75) is 38.6 Å². The Hall–Kier alpha value is -2.08. The fraction of sp³-hybridized carbons (Fsp3) is 0.600. The molecule has 1 aromatic carbocycles. The van der Waals surface area contributed by atoms with Crippen molar-refractivity contribution in [2.75, 3.05) is 39.3 Å². The predicted molar refractivity (Wildman–Crippen MR) is 100 cm³/mol. The summed E-state index contributed by atoms with van der Waals surface area (Å²) in [6.45, 7) is 5.29. The number of hydrogen-bond donors (Lipinski definition) is 1. The van der Waals surface area contributed by atoms with Crippen LogP contribution in [0.4, 0.5) is 4.79 Å². The summed E-state index contributed by atoms with van der Waals surface area (Å²) in [7, 11) is 0. The number of rotatable bonds is 6. The largest absolute Gasteiger partial charge is 0.449 e. The molecule has 6 heteroatoms. The van der Waals surface area contributed by atoms with Gasteiger partial charge in [-0.1, -0.05) is 25.0 Å². The van der Waals surface area contributed by atoms with Crippen LogP contribution in [0.2, 0.25) is 0 Å². The molecule has 3 rings (SSSR count). The Bertz CT molecular complexity index is 612. The fourth-order valence-electron chi connectivity index (χ4n) is 3.57. The number of amides is 2. The minimum atomic E-state index is -0.287. The Morgan fingerprint density at radius 3 is 2.65 bits per heavy atom. The van der Waals surface area contributed by atoms with Crippen molar-refractivity contribution in [3.05, 3.63) is 35.4 Å². The number of cyclic esters (lactones) is 1. The topological polar surface area (TPSA) is 61.9 Å². The van der Waals surface area contributed by atoms with Crippen molar-refractivity contribution in [2.24, 2.45) is 0 Å². The molecule has 2 aliphatic rings. The van der Waals surface area contributed by atoms with Crippen molar-refractivity contribution in [1.82, 2.24) is 15.1 Å². The van der Waals surface area contributed by atoms with Crippen molar-refractivity contribution in [3.8, 4) is 0 Å². The molecule has 2 amide bonds. The third-order valence-corrected chi connectivity index (χ3v) is 5.02. The van der Waals surface area contributed by atoms with Gasteiger partial charge in [-0.25, -0.2) is 4.79 Å². The molecule has 2 heterocycles. The fourth-order valence-corrected chi connectivity index (χ4v) is 3.57. The van der Waals surface area contributed by atoms with E-state index in [2.05, 4.69) is 16.3 Å². The lowest BCUT2D eigenvalue weighted by Gasteiger charge is -2.26. The molecule has 0 spiro atoms. The Labute approximate surface area is 155 Å². The highest BCUT2D eigenvalue weighted by molar-refractivity contribution is 5.94. The first kappa shape index (κ1) is 18.7. The van der Waals surface area contributed by atoms with E-state index in [0.29, 0.717) is 31.8 Å². The van der Waals surface area contributed by atoms with E-state index in [1.165, 1.54) is 31.2 Å². The van der Waals surface area contributed by atoms with E-state index >= 15 is 0 Å². The van der Waals surface area contributed by atoms with Gasteiger partial charge in [-0.3, -0.25) is 9.69 Å². The van der Waals surface area contributed by atoms with Crippen LogP contribution < -0.4 is 5.32 Å². The van der Waals surface area contributed by atoms with E-state index in [9.17, 15) is 9.59 Å². The van der Waals surface area contributed by atoms with Crippen LogP contribution in [0.5, 0.6) is 0 Å². The highest BCUT2D eigenvalue weighted by Crippen LogP contribution is 2.14. The quantitative estimate of drug-likeness (QED) is 0.848. The van der Waals surface area contributed by atoms with Crippen molar-refractivity contribution < 1.29 is 14.3 Å². The molecule has 0 aromatic heterocycles. The number of nitrogens with one attached hydrogen (secondary N) is 1. The van der Waals surface area contributed by atoms with E-state index < -0.39 is 0 Å². The summed E-state index contributed by atoms with van der Waals surface area (Å²) in [5, 5.41) is 2.91. The molecule has 2 saturated heterocycles. The molecule has 1 aromatic rings. The average Bonchev–Trinajstić information content (AvgIpc) is 2.92. The van der Waals surface area contributed by atoms with Gasteiger partial charge in [-0.2, -0.15) is 0 Å². The number of benzene rings is 1. The maximum atomic E-state index is 12.4. The van der Waals surface area contributed by atoms with E-state index in [1.54, 1.807) is 4.90 Å². The minimum Gasteiger partial charge on any atom is -0.449 e. The van der Waals surface area contributed by atoms with Gasteiger partial charge in [0.2, 0.25) is 0 Å². The van der Waals surface area contributed by atoms with Gasteiger partial charge in [0.05, 0.1) is 6.61 Å². The maximum absolute atomic E-state index is 12.4. The molecule has 0 saturated carbocycles. The van der Waals surface area contributed by atoms with Gasteiger partial charge in [-0.15, -0.1) is 0 Å². The number of hydrogen-bond acceptors (Lipinski definition) is 4. The second-order valence-electron chi connectivity index (χ2n) is 7.10. The van der Waals surface area contributed by atoms with Crippen LogP contribution in [0.25, 0.3) is 0 Å². The molecule has 0 radical (unpaired) electrons. The number of nitrogens with zero attached hydrogens (tertiary/aromatic N) is 2. The van der Waals surface area contributed by atoms with Crippen LogP contribution in [0.15, 0.2) is 24.3 Å². The van der Waals surface area contributed by atoms with Crippen LogP contribution in [-0.2, 0) is 11.3 Å². The molecule has 0 bridgehead atoms. The number of likely N-dealkylation sites (tertiary alicyclic amines) is 1. The zero-order chi connectivity index (χ0) is 18.2. The smallest absolute Gasteiger partial charge is 0.409 e. The summed E-state index contributed by atoms with van der Waals surface area (Å²) in [5.74, 6) is -0.0897. The van der Waals surface area contributed by atoms with E-state index in [-0.39, 0.29) is 12.0 Å². The first-order valence-corrected chi connectivity index (χ1v) is 9.73. The zero-order valence-corrected chi connectivity index (χ0v) is 15.4. The first-order valence-electron chi connectivity index (χ1n) is 9.73. The molecule has 2 aliphatic heterocycles. The molecule has 0 atom stereocenters. The summed E-state index contributed by atoms with van der Waals surface area (Å²) in [5.41, 5.74) is 1.86. The molecule has 2 fully saturated rings. The van der Waals surface area contributed by atoms with Crippen LogP contribution in [0.1, 0.15) is 48.0 Å². The van der Waals surface area contributed by atoms with Crippen molar-refractivity contribution in [3.63, 3.8) is 0 Å². The number of carbonyl (C=O) groups is 2. The normalized spacial score (nSPS) is 18.9. The minimum absolute atomic E-state index is 0.0897. The molecule has 0 aliphatic carbocycles. The summed E-state index contributed by atoms with van der Waals surface area (Å²) in [6.07, 6.45) is 5.73. The third kappa shape index (κ3) is 5.46. The van der Waals surface area contributed by atoms with Gasteiger partial charge in [0.25, 0.3) is 5.91 Å².